The third-order valence-corrected chi connectivity index (χ3v) is 5.26. The van der Waals surface area contributed by atoms with Crippen molar-refractivity contribution in [1.82, 2.24) is 10.9 Å². The van der Waals surface area contributed by atoms with Crippen LogP contribution in [-0.2, 0) is 4.79 Å². The standard InChI is InChI=1S/C19H17Cl3N4O3/c1-9-14(6-7-15(23-3)16(9)22)24-17(10(2)27)19(29)26-25-18(28)11-4-5-12(20)13(21)8-11/h4-8,10,17,24,27H,1-2H3,(H,25,28)(H,26,29)/t10-,17-/m1/s1. The van der Waals surface area contributed by atoms with Crippen LogP contribution in [0.15, 0.2) is 30.3 Å². The molecule has 2 amide bonds. The van der Waals surface area contributed by atoms with Crippen LogP contribution in [0.4, 0.5) is 11.4 Å². The van der Waals surface area contributed by atoms with Gasteiger partial charge in [-0.05, 0) is 43.7 Å². The van der Waals surface area contributed by atoms with E-state index in [1.807, 2.05) is 0 Å². The molecule has 2 aromatic carbocycles. The van der Waals surface area contributed by atoms with Gasteiger partial charge in [-0.3, -0.25) is 20.4 Å². The van der Waals surface area contributed by atoms with Gasteiger partial charge in [-0.15, -0.1) is 0 Å². The number of amides is 2. The Balaban J connectivity index is 2.10. The van der Waals surface area contributed by atoms with Crippen molar-refractivity contribution in [2.45, 2.75) is 26.0 Å². The lowest BCUT2D eigenvalue weighted by Crippen LogP contribution is -2.52. The van der Waals surface area contributed by atoms with Crippen molar-refractivity contribution in [2.24, 2.45) is 0 Å². The molecule has 2 aromatic rings. The fraction of sp³-hybridized carbons (Fsp3) is 0.211. The number of rotatable bonds is 5. The topological polar surface area (TPSA) is 94.8 Å². The molecule has 0 unspecified atom stereocenters. The van der Waals surface area contributed by atoms with Gasteiger partial charge in [-0.1, -0.05) is 40.9 Å². The van der Waals surface area contributed by atoms with E-state index in [2.05, 4.69) is 21.0 Å². The van der Waals surface area contributed by atoms with Gasteiger partial charge in [0.25, 0.3) is 11.8 Å². The maximum absolute atomic E-state index is 12.5. The highest BCUT2D eigenvalue weighted by molar-refractivity contribution is 6.42. The second-order valence-electron chi connectivity index (χ2n) is 6.12. The first-order chi connectivity index (χ1) is 13.6. The second-order valence-corrected chi connectivity index (χ2v) is 7.31. The molecule has 4 N–H and O–H groups in total. The Bertz CT molecular complexity index is 989. The molecule has 7 nitrogen and oxygen atoms in total. The fourth-order valence-electron chi connectivity index (χ4n) is 2.39. The van der Waals surface area contributed by atoms with E-state index in [0.29, 0.717) is 16.3 Å². The summed E-state index contributed by atoms with van der Waals surface area (Å²) in [4.78, 5) is 28.0. The molecule has 0 bridgehead atoms. The molecule has 0 radical (unpaired) electrons. The second kappa shape index (κ2) is 9.81. The van der Waals surface area contributed by atoms with Gasteiger partial charge >= 0.3 is 0 Å². The lowest BCUT2D eigenvalue weighted by molar-refractivity contribution is -0.124. The number of benzene rings is 2. The normalized spacial score (nSPS) is 12.4. The van der Waals surface area contributed by atoms with E-state index < -0.39 is 24.0 Å². The zero-order valence-corrected chi connectivity index (χ0v) is 17.7. The number of anilines is 1. The van der Waals surface area contributed by atoms with Crippen molar-refractivity contribution >= 4 is 58.0 Å². The monoisotopic (exact) mass is 454 g/mol. The molecule has 152 valence electrons. The molecule has 2 atom stereocenters. The Kier molecular flexibility index (Phi) is 7.71. The van der Waals surface area contributed by atoms with Crippen LogP contribution in [0.2, 0.25) is 15.1 Å². The average Bonchev–Trinajstić information content (AvgIpc) is 2.68. The van der Waals surface area contributed by atoms with Crippen molar-refractivity contribution in [3.63, 3.8) is 0 Å². The van der Waals surface area contributed by atoms with Crippen LogP contribution < -0.4 is 16.2 Å². The van der Waals surface area contributed by atoms with Crippen molar-refractivity contribution in [1.29, 1.82) is 0 Å². The number of aliphatic hydroxyl groups excluding tert-OH is 1. The van der Waals surface area contributed by atoms with Gasteiger partial charge in [-0.2, -0.15) is 0 Å². The fourth-order valence-corrected chi connectivity index (χ4v) is 2.90. The van der Waals surface area contributed by atoms with Crippen LogP contribution in [0.25, 0.3) is 4.85 Å². The summed E-state index contributed by atoms with van der Waals surface area (Å²) in [5, 5.41) is 13.6. The molecule has 0 saturated carbocycles. The Morgan fingerprint density at radius 1 is 1.10 bits per heavy atom. The minimum atomic E-state index is -1.10. The van der Waals surface area contributed by atoms with Crippen LogP contribution in [0, 0.1) is 13.5 Å². The van der Waals surface area contributed by atoms with Gasteiger partial charge in [0.1, 0.15) is 6.04 Å². The minimum absolute atomic E-state index is 0.193. The van der Waals surface area contributed by atoms with Crippen LogP contribution >= 0.6 is 34.8 Å². The third kappa shape index (κ3) is 5.52. The highest BCUT2D eigenvalue weighted by Crippen LogP contribution is 2.33. The molecule has 0 aliphatic heterocycles. The van der Waals surface area contributed by atoms with Crippen LogP contribution in [0.5, 0.6) is 0 Å². The molecular formula is C19H17Cl3N4O3. The number of carbonyl (C=O) groups is 2. The summed E-state index contributed by atoms with van der Waals surface area (Å²) in [7, 11) is 0. The Hall–Kier alpha value is -2.50. The number of aliphatic hydroxyl groups is 1. The minimum Gasteiger partial charge on any atom is -0.391 e. The van der Waals surface area contributed by atoms with Crippen LogP contribution in [-0.4, -0.2) is 29.1 Å². The van der Waals surface area contributed by atoms with Gasteiger partial charge < -0.3 is 10.4 Å². The first kappa shape index (κ1) is 22.8. The summed E-state index contributed by atoms with van der Waals surface area (Å²) in [6, 6.07) is 6.27. The van der Waals surface area contributed by atoms with E-state index in [1.165, 1.54) is 31.2 Å². The number of hydrogen-bond donors (Lipinski definition) is 4. The van der Waals surface area contributed by atoms with Crippen LogP contribution in [0.1, 0.15) is 22.8 Å². The first-order valence-corrected chi connectivity index (χ1v) is 9.45. The highest BCUT2D eigenvalue weighted by Gasteiger charge is 2.25. The Labute approximate surface area is 182 Å². The number of hydrazine groups is 1. The van der Waals surface area contributed by atoms with Gasteiger partial charge in [0, 0.05) is 11.3 Å². The summed E-state index contributed by atoms with van der Waals surface area (Å²) in [5.74, 6) is -1.29. The largest absolute Gasteiger partial charge is 0.391 e. The summed E-state index contributed by atoms with van der Waals surface area (Å²) in [6.45, 7) is 10.2. The predicted octanol–water partition coefficient (Wildman–Crippen LogP) is 4.13. The number of nitrogens with one attached hydrogen (secondary N) is 3. The highest BCUT2D eigenvalue weighted by atomic mass is 35.5. The lowest BCUT2D eigenvalue weighted by atomic mass is 10.1. The quantitative estimate of drug-likeness (QED) is 0.403. The summed E-state index contributed by atoms with van der Waals surface area (Å²) >= 11 is 17.8. The van der Waals surface area contributed by atoms with Crippen LogP contribution in [0.3, 0.4) is 0 Å². The lowest BCUT2D eigenvalue weighted by Gasteiger charge is -2.23. The summed E-state index contributed by atoms with van der Waals surface area (Å²) in [5.41, 5.74) is 6.01. The van der Waals surface area contributed by atoms with Gasteiger partial charge in [0.2, 0.25) is 5.69 Å². The third-order valence-electron chi connectivity index (χ3n) is 4.04. The predicted molar refractivity (Wildman–Crippen MR) is 114 cm³/mol. The maximum Gasteiger partial charge on any atom is 0.269 e. The first-order valence-electron chi connectivity index (χ1n) is 8.32. The molecule has 0 heterocycles. The summed E-state index contributed by atoms with van der Waals surface area (Å²) < 4.78 is 0. The Morgan fingerprint density at radius 3 is 2.38 bits per heavy atom. The van der Waals surface area contributed by atoms with E-state index in [9.17, 15) is 14.7 Å². The van der Waals surface area contributed by atoms with Gasteiger partial charge in [0.15, 0.2) is 0 Å². The number of hydrogen-bond acceptors (Lipinski definition) is 4. The Morgan fingerprint density at radius 2 is 1.79 bits per heavy atom. The molecule has 0 spiro atoms. The molecule has 0 saturated heterocycles. The molecule has 0 aliphatic rings. The molecule has 2 rings (SSSR count). The van der Waals surface area contributed by atoms with Gasteiger partial charge in [-0.25, -0.2) is 4.85 Å². The van der Waals surface area contributed by atoms with E-state index in [4.69, 9.17) is 41.4 Å². The number of halogens is 3. The van der Waals surface area contributed by atoms with Crippen molar-refractivity contribution in [2.75, 3.05) is 5.32 Å². The van der Waals surface area contributed by atoms with E-state index in [1.54, 1.807) is 13.0 Å². The van der Waals surface area contributed by atoms with E-state index in [0.717, 1.165) is 0 Å². The smallest absolute Gasteiger partial charge is 0.269 e. The van der Waals surface area contributed by atoms with Crippen molar-refractivity contribution in [3.05, 3.63) is 67.9 Å². The number of nitrogens with zero attached hydrogens (tertiary/aromatic N) is 1. The number of carbonyl (C=O) groups excluding carboxylic acids is 2. The van der Waals surface area contributed by atoms with E-state index >= 15 is 0 Å². The molecule has 29 heavy (non-hydrogen) atoms. The molecule has 0 aromatic heterocycles. The SMILES string of the molecule is [C-]#[N+]c1ccc(N[C@@H](C(=O)NNC(=O)c2ccc(Cl)c(Cl)c2)[C@@H](C)O)c(C)c1Cl. The maximum atomic E-state index is 12.5. The molecular weight excluding hydrogens is 439 g/mol. The molecule has 0 aliphatic carbocycles. The molecule has 0 fully saturated rings. The average molecular weight is 456 g/mol. The van der Waals surface area contributed by atoms with Crippen molar-refractivity contribution in [3.8, 4) is 0 Å². The van der Waals surface area contributed by atoms with E-state index in [-0.39, 0.29) is 21.3 Å². The summed E-state index contributed by atoms with van der Waals surface area (Å²) in [6.07, 6.45) is -1.10. The van der Waals surface area contributed by atoms with Crippen molar-refractivity contribution < 1.29 is 14.7 Å². The molecule has 10 heteroatoms. The van der Waals surface area contributed by atoms with Gasteiger partial charge in [0.05, 0.1) is 27.7 Å². The zero-order chi connectivity index (χ0) is 21.7. The zero-order valence-electron chi connectivity index (χ0n) is 15.4.